The van der Waals surface area contributed by atoms with Crippen LogP contribution < -0.4 is 11.5 Å². The van der Waals surface area contributed by atoms with E-state index in [9.17, 15) is 4.79 Å². The monoisotopic (exact) mass is 275 g/mol. The van der Waals surface area contributed by atoms with Crippen molar-refractivity contribution in [2.45, 2.75) is 39.0 Å². The Kier molecular flexibility index (Phi) is 2.93. The zero-order valence-electron chi connectivity index (χ0n) is 11.0. The van der Waals surface area contributed by atoms with Crippen LogP contribution in [0.4, 0.5) is 5.69 Å². The molecule has 4 nitrogen and oxygen atoms in total. The third-order valence-electron chi connectivity index (χ3n) is 3.84. The number of nitrogens with two attached hydrogens (primary N) is 2. The first-order valence-electron chi connectivity index (χ1n) is 6.65. The van der Waals surface area contributed by atoms with E-state index in [2.05, 4.69) is 6.92 Å². The van der Waals surface area contributed by atoms with E-state index in [1.165, 1.54) is 35.3 Å². The number of amides is 1. The Morgan fingerprint density at radius 1 is 1.32 bits per heavy atom. The second-order valence-electron chi connectivity index (χ2n) is 4.97. The Labute approximate surface area is 115 Å². The van der Waals surface area contributed by atoms with Crippen LogP contribution in [0.5, 0.6) is 0 Å². The maximum Gasteiger partial charge on any atom is 0.260 e. The normalized spacial score (nSPS) is 14.6. The number of aryl methyl sites for hydroxylation is 2. The van der Waals surface area contributed by atoms with Gasteiger partial charge in [-0.1, -0.05) is 6.92 Å². The number of hydrogen-bond acceptors (Lipinski definition) is 4. The molecule has 2 aromatic heterocycles. The van der Waals surface area contributed by atoms with Crippen molar-refractivity contribution >= 4 is 33.1 Å². The molecule has 0 radical (unpaired) electrons. The number of anilines is 1. The minimum Gasteiger partial charge on any atom is -0.397 e. The smallest absolute Gasteiger partial charge is 0.260 e. The number of thiophene rings is 1. The van der Waals surface area contributed by atoms with E-state index in [4.69, 9.17) is 16.5 Å². The second-order valence-corrected chi connectivity index (χ2v) is 5.96. The van der Waals surface area contributed by atoms with Gasteiger partial charge < -0.3 is 11.5 Å². The number of nitrogens with zero attached hydrogens (tertiary/aromatic N) is 1. The Balaban J connectivity index is 2.38. The number of primary amides is 1. The van der Waals surface area contributed by atoms with Crippen molar-refractivity contribution in [1.82, 2.24) is 4.98 Å². The molecule has 5 heteroatoms. The average molecular weight is 275 g/mol. The van der Waals surface area contributed by atoms with Crippen LogP contribution in [0.3, 0.4) is 0 Å². The summed E-state index contributed by atoms with van der Waals surface area (Å²) in [6.07, 6.45) is 5.40. The summed E-state index contributed by atoms with van der Waals surface area (Å²) in [5.74, 6) is -0.455. The van der Waals surface area contributed by atoms with Crippen molar-refractivity contribution in [2.75, 3.05) is 5.73 Å². The first kappa shape index (κ1) is 12.4. The van der Waals surface area contributed by atoms with Crippen molar-refractivity contribution in [3.63, 3.8) is 0 Å². The fourth-order valence-corrected chi connectivity index (χ4v) is 3.96. The maximum atomic E-state index is 11.4. The van der Waals surface area contributed by atoms with Gasteiger partial charge in [0.1, 0.15) is 9.71 Å². The SMILES string of the molecule is CCc1nc2sc(C(N)=O)c(N)c2c2c1CCCC2. The highest BCUT2D eigenvalue weighted by molar-refractivity contribution is 7.21. The van der Waals surface area contributed by atoms with Gasteiger partial charge in [-0.05, 0) is 43.2 Å². The molecule has 0 aromatic carbocycles. The molecule has 0 fully saturated rings. The van der Waals surface area contributed by atoms with Gasteiger partial charge in [0.2, 0.25) is 0 Å². The first-order chi connectivity index (χ1) is 9.13. The Hall–Kier alpha value is -1.62. The predicted octanol–water partition coefficient (Wildman–Crippen LogP) is 2.42. The molecule has 2 aromatic rings. The number of hydrogen-bond donors (Lipinski definition) is 2. The van der Waals surface area contributed by atoms with E-state index >= 15 is 0 Å². The van der Waals surface area contributed by atoms with Crippen LogP contribution in [0.1, 0.15) is 46.3 Å². The summed E-state index contributed by atoms with van der Waals surface area (Å²) < 4.78 is 0. The van der Waals surface area contributed by atoms with Gasteiger partial charge in [0.05, 0.1) is 5.69 Å². The fourth-order valence-electron chi connectivity index (χ4n) is 2.97. The molecule has 0 saturated carbocycles. The van der Waals surface area contributed by atoms with Gasteiger partial charge >= 0.3 is 0 Å². The first-order valence-corrected chi connectivity index (χ1v) is 7.47. The number of carbonyl (C=O) groups excluding carboxylic acids is 1. The third kappa shape index (κ3) is 1.80. The van der Waals surface area contributed by atoms with Gasteiger partial charge in [0.15, 0.2) is 0 Å². The number of rotatable bonds is 2. The van der Waals surface area contributed by atoms with E-state index in [0.29, 0.717) is 10.6 Å². The second kappa shape index (κ2) is 4.49. The number of carbonyl (C=O) groups is 1. The molecule has 0 saturated heterocycles. The lowest BCUT2D eigenvalue weighted by Crippen LogP contribution is -2.11. The summed E-state index contributed by atoms with van der Waals surface area (Å²) in [7, 11) is 0. The number of pyridine rings is 1. The molecule has 4 N–H and O–H groups in total. The van der Waals surface area contributed by atoms with Gasteiger partial charge in [-0.15, -0.1) is 11.3 Å². The van der Waals surface area contributed by atoms with Crippen LogP contribution in [0.15, 0.2) is 0 Å². The molecule has 2 heterocycles. The lowest BCUT2D eigenvalue weighted by atomic mass is 9.88. The van der Waals surface area contributed by atoms with Crippen molar-refractivity contribution in [3.8, 4) is 0 Å². The van der Waals surface area contributed by atoms with Gasteiger partial charge in [-0.25, -0.2) is 4.98 Å². The lowest BCUT2D eigenvalue weighted by Gasteiger charge is -2.19. The van der Waals surface area contributed by atoms with Crippen LogP contribution in [-0.2, 0) is 19.3 Å². The number of nitrogen functional groups attached to an aromatic ring is 1. The van der Waals surface area contributed by atoms with Gasteiger partial charge in [-0.3, -0.25) is 4.79 Å². The molecule has 3 rings (SSSR count). The highest BCUT2D eigenvalue weighted by Crippen LogP contribution is 2.39. The quantitative estimate of drug-likeness (QED) is 0.883. The minimum absolute atomic E-state index is 0.448. The molecular weight excluding hydrogens is 258 g/mol. The molecular formula is C14H17N3OS. The summed E-state index contributed by atoms with van der Waals surface area (Å²) in [5.41, 5.74) is 15.8. The predicted molar refractivity (Wildman–Crippen MR) is 78.6 cm³/mol. The average Bonchev–Trinajstić information content (AvgIpc) is 2.75. The van der Waals surface area contributed by atoms with E-state index in [0.717, 1.165) is 35.2 Å². The van der Waals surface area contributed by atoms with Gasteiger partial charge in [0.25, 0.3) is 5.91 Å². The maximum absolute atomic E-state index is 11.4. The van der Waals surface area contributed by atoms with Crippen LogP contribution in [0.25, 0.3) is 10.2 Å². The van der Waals surface area contributed by atoms with Crippen molar-refractivity contribution < 1.29 is 4.79 Å². The van der Waals surface area contributed by atoms with E-state index in [1.54, 1.807) is 0 Å². The molecule has 0 bridgehead atoms. The van der Waals surface area contributed by atoms with Crippen molar-refractivity contribution in [2.24, 2.45) is 5.73 Å². The van der Waals surface area contributed by atoms with E-state index < -0.39 is 5.91 Å². The van der Waals surface area contributed by atoms with Crippen molar-refractivity contribution in [1.29, 1.82) is 0 Å². The molecule has 0 atom stereocenters. The van der Waals surface area contributed by atoms with Crippen LogP contribution in [0, 0.1) is 0 Å². The Morgan fingerprint density at radius 2 is 2.00 bits per heavy atom. The summed E-state index contributed by atoms with van der Waals surface area (Å²) in [5, 5.41) is 0.978. The van der Waals surface area contributed by atoms with E-state index in [-0.39, 0.29) is 0 Å². The Bertz CT molecular complexity index is 675. The number of fused-ring (bicyclic) bond motifs is 3. The minimum atomic E-state index is -0.455. The van der Waals surface area contributed by atoms with E-state index in [1.807, 2.05) is 0 Å². The zero-order valence-corrected chi connectivity index (χ0v) is 11.8. The van der Waals surface area contributed by atoms with Gasteiger partial charge in [0, 0.05) is 11.1 Å². The molecule has 0 aliphatic heterocycles. The zero-order chi connectivity index (χ0) is 13.6. The summed E-state index contributed by atoms with van der Waals surface area (Å²) in [4.78, 5) is 17.5. The highest BCUT2D eigenvalue weighted by Gasteiger charge is 2.23. The van der Waals surface area contributed by atoms with Crippen molar-refractivity contribution in [3.05, 3.63) is 21.7 Å². The molecule has 100 valence electrons. The summed E-state index contributed by atoms with van der Waals surface area (Å²) in [6, 6.07) is 0. The van der Waals surface area contributed by atoms with Crippen LogP contribution in [0.2, 0.25) is 0 Å². The molecule has 0 spiro atoms. The summed E-state index contributed by atoms with van der Waals surface area (Å²) >= 11 is 1.32. The summed E-state index contributed by atoms with van der Waals surface area (Å²) in [6.45, 7) is 2.12. The topological polar surface area (TPSA) is 82.0 Å². The third-order valence-corrected chi connectivity index (χ3v) is 4.95. The largest absolute Gasteiger partial charge is 0.397 e. The molecule has 1 aliphatic rings. The Morgan fingerprint density at radius 3 is 2.63 bits per heavy atom. The standard InChI is InChI=1S/C14H17N3OS/c1-2-9-7-5-3-4-6-8(7)10-11(15)12(13(16)18)19-14(10)17-9/h2-6,15H2,1H3,(H2,16,18). The van der Waals surface area contributed by atoms with Gasteiger partial charge in [-0.2, -0.15) is 0 Å². The highest BCUT2D eigenvalue weighted by atomic mass is 32.1. The van der Waals surface area contributed by atoms with Crippen LogP contribution in [-0.4, -0.2) is 10.9 Å². The van der Waals surface area contributed by atoms with Crippen LogP contribution >= 0.6 is 11.3 Å². The molecule has 1 amide bonds. The fraction of sp³-hybridized carbons (Fsp3) is 0.429. The number of aromatic nitrogens is 1. The molecule has 19 heavy (non-hydrogen) atoms. The molecule has 0 unspecified atom stereocenters. The molecule has 1 aliphatic carbocycles. The lowest BCUT2D eigenvalue weighted by molar-refractivity contribution is 0.100.